The number of hydrogen-bond donors (Lipinski definition) is 2. The fourth-order valence-electron chi connectivity index (χ4n) is 3.46. The molecule has 0 bridgehead atoms. The first-order chi connectivity index (χ1) is 11.4. The molecule has 0 saturated heterocycles. The number of thiocarbonyl (C=S) groups is 1. The molecule has 0 heterocycles. The second-order valence-corrected chi connectivity index (χ2v) is 7.85. The lowest BCUT2D eigenvalue weighted by Crippen LogP contribution is -2.41. The molecule has 0 atom stereocenters. The lowest BCUT2D eigenvalue weighted by molar-refractivity contribution is 0.141. The largest absolute Gasteiger partial charge is 0.494 e. The van der Waals surface area contributed by atoms with Gasteiger partial charge in [-0.2, -0.15) is 0 Å². The predicted molar refractivity (Wildman–Crippen MR) is 107 cm³/mol. The Hall–Kier alpha value is -1.29. The number of benzene rings is 1. The van der Waals surface area contributed by atoms with E-state index in [1.165, 1.54) is 32.1 Å². The Morgan fingerprint density at radius 1 is 1.12 bits per heavy atom. The molecule has 0 unspecified atom stereocenters. The summed E-state index contributed by atoms with van der Waals surface area (Å²) in [5.41, 5.74) is 1.46. The topological polar surface area (TPSA) is 33.3 Å². The van der Waals surface area contributed by atoms with Crippen LogP contribution in [0.1, 0.15) is 59.8 Å². The molecule has 4 heteroatoms. The Labute approximate surface area is 152 Å². The highest BCUT2D eigenvalue weighted by molar-refractivity contribution is 7.80. The number of nitrogens with one attached hydrogen (secondary N) is 2. The summed E-state index contributed by atoms with van der Waals surface area (Å²) < 4.78 is 5.46. The first-order valence-electron chi connectivity index (χ1n) is 9.25. The zero-order chi connectivity index (χ0) is 17.6. The zero-order valence-electron chi connectivity index (χ0n) is 15.5. The van der Waals surface area contributed by atoms with E-state index in [0.29, 0.717) is 18.1 Å². The quantitative estimate of drug-likeness (QED) is 0.677. The van der Waals surface area contributed by atoms with Crippen molar-refractivity contribution in [2.45, 2.75) is 65.8 Å². The van der Waals surface area contributed by atoms with Crippen molar-refractivity contribution in [3.8, 4) is 5.75 Å². The highest BCUT2D eigenvalue weighted by Gasteiger charge is 2.31. The van der Waals surface area contributed by atoms with Gasteiger partial charge in [0.25, 0.3) is 0 Å². The molecule has 0 aliphatic heterocycles. The van der Waals surface area contributed by atoms with Crippen molar-refractivity contribution in [2.75, 3.05) is 11.9 Å². The van der Waals surface area contributed by atoms with E-state index in [1.54, 1.807) is 0 Å². The van der Waals surface area contributed by atoms with Crippen LogP contribution in [0, 0.1) is 11.3 Å². The summed E-state index contributed by atoms with van der Waals surface area (Å²) in [6.45, 7) is 9.79. The van der Waals surface area contributed by atoms with E-state index in [1.807, 2.05) is 31.2 Å². The van der Waals surface area contributed by atoms with Crippen molar-refractivity contribution in [2.24, 2.45) is 11.3 Å². The van der Waals surface area contributed by atoms with Crippen LogP contribution in [-0.2, 0) is 0 Å². The van der Waals surface area contributed by atoms with Gasteiger partial charge in [-0.1, -0.05) is 27.2 Å². The summed E-state index contributed by atoms with van der Waals surface area (Å²) in [6.07, 6.45) is 6.26. The van der Waals surface area contributed by atoms with Gasteiger partial charge < -0.3 is 15.4 Å². The smallest absolute Gasteiger partial charge is 0.170 e. The van der Waals surface area contributed by atoms with Gasteiger partial charge in [0.1, 0.15) is 5.75 Å². The summed E-state index contributed by atoms with van der Waals surface area (Å²) in [4.78, 5) is 0. The predicted octanol–water partition coefficient (Wildman–Crippen LogP) is 5.37. The standard InChI is InChI=1S/C20H32N2OS/c1-5-20(3,4)15-7-9-16(10-8-15)21-19(24)22-17-11-13-18(14-12-17)23-6-2/h11-16H,5-10H2,1-4H3,(H2,21,22,24). The van der Waals surface area contributed by atoms with E-state index in [-0.39, 0.29) is 0 Å². The Balaban J connectivity index is 1.77. The van der Waals surface area contributed by atoms with E-state index in [2.05, 4.69) is 31.4 Å². The average Bonchev–Trinajstić information content (AvgIpc) is 2.57. The third-order valence-corrected chi connectivity index (χ3v) is 5.72. The SMILES string of the molecule is CCOc1ccc(NC(=S)NC2CCC(C(C)(C)CC)CC2)cc1. The van der Waals surface area contributed by atoms with E-state index in [4.69, 9.17) is 17.0 Å². The first kappa shape index (κ1) is 19.0. The highest BCUT2D eigenvalue weighted by Crippen LogP contribution is 2.40. The van der Waals surface area contributed by atoms with Gasteiger partial charge in [-0.25, -0.2) is 0 Å². The van der Waals surface area contributed by atoms with Crippen LogP contribution in [0.2, 0.25) is 0 Å². The van der Waals surface area contributed by atoms with Crippen LogP contribution in [0.3, 0.4) is 0 Å². The molecule has 1 aliphatic rings. The highest BCUT2D eigenvalue weighted by atomic mass is 32.1. The summed E-state index contributed by atoms with van der Waals surface area (Å²) in [5, 5.41) is 7.48. The van der Waals surface area contributed by atoms with Gasteiger partial charge in [-0.05, 0) is 80.4 Å². The number of rotatable bonds is 6. The van der Waals surface area contributed by atoms with Crippen molar-refractivity contribution in [3.63, 3.8) is 0 Å². The monoisotopic (exact) mass is 348 g/mol. The fraction of sp³-hybridized carbons (Fsp3) is 0.650. The maximum atomic E-state index is 5.47. The minimum atomic E-state index is 0.464. The number of ether oxygens (including phenoxy) is 1. The molecular formula is C20H32N2OS. The Morgan fingerprint density at radius 2 is 1.75 bits per heavy atom. The maximum Gasteiger partial charge on any atom is 0.170 e. The molecular weight excluding hydrogens is 316 g/mol. The second-order valence-electron chi connectivity index (χ2n) is 7.45. The van der Waals surface area contributed by atoms with Crippen LogP contribution < -0.4 is 15.4 Å². The average molecular weight is 349 g/mol. The fourth-order valence-corrected chi connectivity index (χ4v) is 3.75. The van der Waals surface area contributed by atoms with Crippen LogP contribution >= 0.6 is 12.2 Å². The van der Waals surface area contributed by atoms with Gasteiger partial charge >= 0.3 is 0 Å². The van der Waals surface area contributed by atoms with Crippen molar-refractivity contribution in [3.05, 3.63) is 24.3 Å². The molecule has 0 amide bonds. The van der Waals surface area contributed by atoms with Gasteiger partial charge in [0, 0.05) is 11.7 Å². The maximum absolute atomic E-state index is 5.47. The van der Waals surface area contributed by atoms with Crippen molar-refractivity contribution < 1.29 is 4.74 Å². The molecule has 0 spiro atoms. The molecule has 1 saturated carbocycles. The van der Waals surface area contributed by atoms with Gasteiger partial charge in [-0.3, -0.25) is 0 Å². The van der Waals surface area contributed by atoms with Crippen LogP contribution in [0.4, 0.5) is 5.69 Å². The van der Waals surface area contributed by atoms with Crippen LogP contribution in [0.15, 0.2) is 24.3 Å². The third-order valence-electron chi connectivity index (χ3n) is 5.50. The molecule has 2 N–H and O–H groups in total. The minimum absolute atomic E-state index is 0.464. The Kier molecular flexibility index (Phi) is 6.90. The van der Waals surface area contributed by atoms with Crippen LogP contribution in [0.5, 0.6) is 5.75 Å². The van der Waals surface area contributed by atoms with E-state index in [9.17, 15) is 0 Å². The molecule has 0 radical (unpaired) electrons. The van der Waals surface area contributed by atoms with Gasteiger partial charge in [0.2, 0.25) is 0 Å². The minimum Gasteiger partial charge on any atom is -0.494 e. The molecule has 134 valence electrons. The van der Waals surface area contributed by atoms with Gasteiger partial charge in [0.05, 0.1) is 6.61 Å². The second kappa shape index (κ2) is 8.70. The molecule has 1 aromatic rings. The van der Waals surface area contributed by atoms with Crippen molar-refractivity contribution in [1.82, 2.24) is 5.32 Å². The summed E-state index contributed by atoms with van der Waals surface area (Å²) in [6, 6.07) is 8.43. The van der Waals surface area contributed by atoms with Crippen LogP contribution in [-0.4, -0.2) is 17.8 Å². The molecule has 1 aliphatic carbocycles. The first-order valence-corrected chi connectivity index (χ1v) is 9.65. The zero-order valence-corrected chi connectivity index (χ0v) is 16.3. The number of hydrogen-bond acceptors (Lipinski definition) is 2. The van der Waals surface area contributed by atoms with Gasteiger partial charge in [-0.15, -0.1) is 0 Å². The lowest BCUT2D eigenvalue weighted by Gasteiger charge is -2.39. The molecule has 24 heavy (non-hydrogen) atoms. The summed E-state index contributed by atoms with van der Waals surface area (Å²) in [7, 11) is 0. The summed E-state index contributed by atoms with van der Waals surface area (Å²) >= 11 is 5.47. The Morgan fingerprint density at radius 3 is 2.29 bits per heavy atom. The normalized spacial score (nSPS) is 21.2. The van der Waals surface area contributed by atoms with E-state index >= 15 is 0 Å². The molecule has 1 aromatic carbocycles. The number of anilines is 1. The summed E-state index contributed by atoms with van der Waals surface area (Å²) in [5.74, 6) is 1.73. The van der Waals surface area contributed by atoms with Crippen LogP contribution in [0.25, 0.3) is 0 Å². The lowest BCUT2D eigenvalue weighted by atomic mass is 9.69. The molecule has 1 fully saturated rings. The Bertz CT molecular complexity index is 519. The van der Waals surface area contributed by atoms with E-state index in [0.717, 1.165) is 22.5 Å². The van der Waals surface area contributed by atoms with Gasteiger partial charge in [0.15, 0.2) is 5.11 Å². The molecule has 0 aromatic heterocycles. The van der Waals surface area contributed by atoms with E-state index < -0.39 is 0 Å². The molecule has 2 rings (SSSR count). The van der Waals surface area contributed by atoms with Crippen molar-refractivity contribution in [1.29, 1.82) is 0 Å². The third kappa shape index (κ3) is 5.37. The molecule has 3 nitrogen and oxygen atoms in total. The van der Waals surface area contributed by atoms with Crippen molar-refractivity contribution >= 4 is 23.0 Å².